The van der Waals surface area contributed by atoms with Crippen molar-refractivity contribution < 1.29 is 9.13 Å². The summed E-state index contributed by atoms with van der Waals surface area (Å²) in [6.45, 7) is 3.38. The third kappa shape index (κ3) is 3.41. The topological polar surface area (TPSA) is 21.3 Å². The number of benzene rings is 1. The Labute approximate surface area is 106 Å². The van der Waals surface area contributed by atoms with Gasteiger partial charge in [0.1, 0.15) is 5.82 Å². The minimum absolute atomic E-state index is 0.221. The summed E-state index contributed by atoms with van der Waals surface area (Å²) in [4.78, 5) is 0. The number of nitrogens with one attached hydrogen (secondary N) is 1. The van der Waals surface area contributed by atoms with Gasteiger partial charge < -0.3 is 10.1 Å². The quantitative estimate of drug-likeness (QED) is 0.895. The Bertz CT molecular complexity index is 380. The molecule has 0 aliphatic carbocycles. The van der Waals surface area contributed by atoms with Gasteiger partial charge in [0.25, 0.3) is 0 Å². The normalized spacial score (nSPS) is 21.7. The van der Waals surface area contributed by atoms with E-state index in [-0.39, 0.29) is 18.0 Å². The molecule has 1 heterocycles. The van der Waals surface area contributed by atoms with Crippen LogP contribution in [-0.4, -0.2) is 18.8 Å². The van der Waals surface area contributed by atoms with Crippen molar-refractivity contribution in [3.8, 4) is 0 Å². The van der Waals surface area contributed by atoms with Crippen molar-refractivity contribution in [2.24, 2.45) is 0 Å². The predicted octanol–water partition coefficient (Wildman–Crippen LogP) is 3.14. The van der Waals surface area contributed by atoms with Crippen LogP contribution in [0.4, 0.5) is 4.39 Å². The molecule has 0 bridgehead atoms. The first kappa shape index (κ1) is 12.8. The van der Waals surface area contributed by atoms with E-state index in [0.29, 0.717) is 17.1 Å². The molecule has 17 heavy (non-hydrogen) atoms. The summed E-state index contributed by atoms with van der Waals surface area (Å²) in [5.74, 6) is -0.221. The molecular weight excluding hydrogens is 241 g/mol. The molecule has 1 aliphatic heterocycles. The molecule has 2 rings (SSSR count). The van der Waals surface area contributed by atoms with Crippen molar-refractivity contribution in [3.63, 3.8) is 0 Å². The largest absolute Gasteiger partial charge is 0.377 e. The van der Waals surface area contributed by atoms with Crippen LogP contribution >= 0.6 is 11.6 Å². The van der Waals surface area contributed by atoms with Gasteiger partial charge in [-0.2, -0.15) is 0 Å². The van der Waals surface area contributed by atoms with Gasteiger partial charge in [-0.15, -0.1) is 0 Å². The highest BCUT2D eigenvalue weighted by atomic mass is 35.5. The number of hydrogen-bond acceptors (Lipinski definition) is 2. The van der Waals surface area contributed by atoms with Crippen molar-refractivity contribution in [2.45, 2.75) is 38.5 Å². The van der Waals surface area contributed by atoms with Crippen LogP contribution in [0.2, 0.25) is 5.02 Å². The first-order chi connectivity index (χ1) is 8.16. The maximum Gasteiger partial charge on any atom is 0.127 e. The molecule has 0 spiro atoms. The third-order valence-electron chi connectivity index (χ3n) is 3.14. The monoisotopic (exact) mass is 257 g/mol. The number of rotatable bonds is 4. The van der Waals surface area contributed by atoms with Gasteiger partial charge in [0.2, 0.25) is 0 Å². The van der Waals surface area contributed by atoms with E-state index in [0.717, 1.165) is 19.4 Å². The molecule has 2 nitrogen and oxygen atoms in total. The van der Waals surface area contributed by atoms with Crippen molar-refractivity contribution in [3.05, 3.63) is 34.6 Å². The molecule has 1 aromatic rings. The second-order valence-corrected chi connectivity index (χ2v) is 4.89. The number of halogens is 2. The lowest BCUT2D eigenvalue weighted by Gasteiger charge is -2.20. The maximum absolute atomic E-state index is 13.5. The highest BCUT2D eigenvalue weighted by molar-refractivity contribution is 6.30. The molecule has 4 heteroatoms. The van der Waals surface area contributed by atoms with Crippen molar-refractivity contribution in [2.75, 3.05) is 6.61 Å². The van der Waals surface area contributed by atoms with Crippen LogP contribution < -0.4 is 5.32 Å². The van der Waals surface area contributed by atoms with E-state index in [4.69, 9.17) is 16.3 Å². The van der Waals surface area contributed by atoms with Crippen LogP contribution in [0.15, 0.2) is 18.2 Å². The average Bonchev–Trinajstić information content (AvgIpc) is 2.83. The zero-order chi connectivity index (χ0) is 12.3. The van der Waals surface area contributed by atoms with Gasteiger partial charge in [-0.3, -0.25) is 0 Å². The second-order valence-electron chi connectivity index (χ2n) is 4.46. The minimum Gasteiger partial charge on any atom is -0.377 e. The van der Waals surface area contributed by atoms with Gasteiger partial charge in [-0.1, -0.05) is 11.6 Å². The van der Waals surface area contributed by atoms with Crippen molar-refractivity contribution in [1.29, 1.82) is 0 Å². The molecule has 0 saturated carbocycles. The lowest BCUT2D eigenvalue weighted by molar-refractivity contribution is 0.0831. The van der Waals surface area contributed by atoms with Crippen molar-refractivity contribution >= 4 is 11.6 Å². The summed E-state index contributed by atoms with van der Waals surface area (Å²) in [7, 11) is 0. The SMILES string of the molecule is CC(NCc1cc(Cl)ccc1F)C1CCCO1. The van der Waals surface area contributed by atoms with Gasteiger partial charge in [-0.05, 0) is 38.0 Å². The number of ether oxygens (including phenoxy) is 1. The minimum atomic E-state index is -0.221. The first-order valence-corrected chi connectivity index (χ1v) is 6.33. The van der Waals surface area contributed by atoms with E-state index in [1.54, 1.807) is 12.1 Å². The lowest BCUT2D eigenvalue weighted by Crippen LogP contribution is -2.36. The van der Waals surface area contributed by atoms with Crippen molar-refractivity contribution in [1.82, 2.24) is 5.32 Å². The first-order valence-electron chi connectivity index (χ1n) is 5.96. The van der Waals surface area contributed by atoms with E-state index in [2.05, 4.69) is 12.2 Å². The van der Waals surface area contributed by atoms with Crippen LogP contribution in [0, 0.1) is 5.82 Å². The molecule has 2 atom stereocenters. The van der Waals surface area contributed by atoms with Gasteiger partial charge in [0, 0.05) is 29.8 Å². The molecule has 94 valence electrons. The highest BCUT2D eigenvalue weighted by Crippen LogP contribution is 2.17. The van der Waals surface area contributed by atoms with Gasteiger partial charge in [0.05, 0.1) is 6.10 Å². The summed E-state index contributed by atoms with van der Waals surface area (Å²) < 4.78 is 19.0. The molecule has 0 amide bonds. The smallest absolute Gasteiger partial charge is 0.127 e. The molecular formula is C13H17ClFNO. The fourth-order valence-corrected chi connectivity index (χ4v) is 2.27. The summed E-state index contributed by atoms with van der Waals surface area (Å²) >= 11 is 5.84. The second kappa shape index (κ2) is 5.80. The van der Waals surface area contributed by atoms with Gasteiger partial charge >= 0.3 is 0 Å². The summed E-state index contributed by atoms with van der Waals surface area (Å²) in [5.41, 5.74) is 0.599. The molecule has 1 aliphatic rings. The van der Waals surface area contributed by atoms with Crippen LogP contribution in [0.5, 0.6) is 0 Å². The summed E-state index contributed by atoms with van der Waals surface area (Å²) in [6.07, 6.45) is 2.44. The third-order valence-corrected chi connectivity index (χ3v) is 3.38. The fourth-order valence-electron chi connectivity index (χ4n) is 2.08. The van der Waals surface area contributed by atoms with Crippen LogP contribution in [0.3, 0.4) is 0 Å². The van der Waals surface area contributed by atoms with Crippen LogP contribution in [-0.2, 0) is 11.3 Å². The molecule has 1 saturated heterocycles. The Morgan fingerprint density at radius 1 is 1.59 bits per heavy atom. The molecule has 1 N–H and O–H groups in total. The zero-order valence-electron chi connectivity index (χ0n) is 9.88. The van der Waals surface area contributed by atoms with E-state index >= 15 is 0 Å². The molecule has 0 aromatic heterocycles. The van der Waals surface area contributed by atoms with E-state index in [1.165, 1.54) is 6.07 Å². The Morgan fingerprint density at radius 2 is 2.41 bits per heavy atom. The molecule has 1 aromatic carbocycles. The fraction of sp³-hybridized carbons (Fsp3) is 0.538. The van der Waals surface area contributed by atoms with E-state index in [1.807, 2.05) is 0 Å². The van der Waals surface area contributed by atoms with E-state index < -0.39 is 0 Å². The zero-order valence-corrected chi connectivity index (χ0v) is 10.6. The van der Waals surface area contributed by atoms with E-state index in [9.17, 15) is 4.39 Å². The molecule has 1 fully saturated rings. The summed E-state index contributed by atoms with van der Waals surface area (Å²) in [6, 6.07) is 4.85. The Morgan fingerprint density at radius 3 is 3.12 bits per heavy atom. The predicted molar refractivity (Wildman–Crippen MR) is 66.7 cm³/mol. The maximum atomic E-state index is 13.5. The molecule has 0 radical (unpaired) electrons. The lowest BCUT2D eigenvalue weighted by atomic mass is 10.1. The number of hydrogen-bond donors (Lipinski definition) is 1. The Balaban J connectivity index is 1.90. The average molecular weight is 258 g/mol. The standard InChI is InChI=1S/C13H17ClFNO/c1-9(13-3-2-6-17-13)16-8-10-7-11(14)4-5-12(10)15/h4-5,7,9,13,16H,2-3,6,8H2,1H3. The Hall–Kier alpha value is -0.640. The van der Waals surface area contributed by atoms with Crippen LogP contribution in [0.25, 0.3) is 0 Å². The highest BCUT2D eigenvalue weighted by Gasteiger charge is 2.21. The van der Waals surface area contributed by atoms with Gasteiger partial charge in [-0.25, -0.2) is 4.39 Å². The van der Waals surface area contributed by atoms with Gasteiger partial charge in [0.15, 0.2) is 0 Å². The molecule has 2 unspecified atom stereocenters. The Kier molecular flexibility index (Phi) is 4.37. The summed E-state index contributed by atoms with van der Waals surface area (Å²) in [5, 5.41) is 3.85. The van der Waals surface area contributed by atoms with Crippen LogP contribution in [0.1, 0.15) is 25.3 Å².